The van der Waals surface area contributed by atoms with Gasteiger partial charge in [-0.1, -0.05) is 0 Å². The molecule has 0 unspecified atom stereocenters. The van der Waals surface area contributed by atoms with Crippen molar-refractivity contribution in [3.63, 3.8) is 0 Å². The average Bonchev–Trinajstić information content (AvgIpc) is 2.56. The Kier molecular flexibility index (Phi) is 3.17. The van der Waals surface area contributed by atoms with E-state index in [1.165, 1.54) is 0 Å². The van der Waals surface area contributed by atoms with Crippen LogP contribution in [0.1, 0.15) is 6.23 Å². The summed E-state index contributed by atoms with van der Waals surface area (Å²) < 4.78 is 5.42. The van der Waals surface area contributed by atoms with Gasteiger partial charge in [0.1, 0.15) is 18.3 Å². The lowest BCUT2D eigenvalue weighted by Crippen LogP contribution is -2.47. The molecule has 0 aromatic carbocycles. The first-order chi connectivity index (χ1) is 8.45. The van der Waals surface area contributed by atoms with Crippen LogP contribution in [0.5, 0.6) is 0 Å². The van der Waals surface area contributed by atoms with Crippen LogP contribution in [0.15, 0.2) is 14.4 Å². The second-order valence-electron chi connectivity index (χ2n) is 3.79. The first-order valence-corrected chi connectivity index (χ1v) is 5.03. The quantitative estimate of drug-likeness (QED) is 0.361. The number of ether oxygens (including phenoxy) is 1. The van der Waals surface area contributed by atoms with E-state index in [4.69, 9.17) is 9.84 Å². The Hall–Kier alpha value is -1.75. The van der Waals surface area contributed by atoms with Crippen molar-refractivity contribution in [3.05, 3.63) is 31.5 Å². The van der Waals surface area contributed by atoms with Crippen molar-refractivity contribution in [2.75, 3.05) is 6.61 Å². The van der Waals surface area contributed by atoms with E-state index in [1.54, 1.807) is 9.97 Å². The lowest BCUT2D eigenvalue weighted by Gasteiger charge is -2.15. The number of H-pyrrole nitrogens is 2. The van der Waals surface area contributed by atoms with Gasteiger partial charge in [0.2, 0.25) is 0 Å². The van der Waals surface area contributed by atoms with Crippen LogP contribution in [0.25, 0.3) is 0 Å². The molecule has 10 heteroatoms. The average molecular weight is 261 g/mol. The van der Waals surface area contributed by atoms with Gasteiger partial charge in [-0.05, 0) is 0 Å². The van der Waals surface area contributed by atoms with E-state index in [2.05, 4.69) is 0 Å². The summed E-state index contributed by atoms with van der Waals surface area (Å²) in [6.45, 7) is -0.593. The Balaban J connectivity index is 2.48. The minimum Gasteiger partial charge on any atom is -0.394 e. The molecule has 1 aliphatic rings. The molecule has 2 rings (SSSR count). The lowest BCUT2D eigenvalue weighted by molar-refractivity contribution is -0.0572. The molecule has 1 aromatic heterocycles. The molecular weight excluding hydrogens is 250 g/mol. The third kappa shape index (κ3) is 1.90. The highest BCUT2D eigenvalue weighted by molar-refractivity contribution is 4.90. The van der Waals surface area contributed by atoms with Crippen molar-refractivity contribution in [3.8, 4) is 0 Å². The normalized spacial score (nSPS) is 31.7. The highest BCUT2D eigenvalue weighted by Gasteiger charge is 2.44. The summed E-state index contributed by atoms with van der Waals surface area (Å²) in [5.74, 6) is 0. The Labute approximate surface area is 98.1 Å². The summed E-state index contributed by atoms with van der Waals surface area (Å²) in [7, 11) is 0. The van der Waals surface area contributed by atoms with Gasteiger partial charge in [-0.2, -0.15) is 0 Å². The molecule has 5 N–H and O–H groups in total. The molecule has 10 nitrogen and oxygen atoms in total. The van der Waals surface area contributed by atoms with Crippen LogP contribution in [0.4, 0.5) is 0 Å². The number of aromatic nitrogens is 3. The molecule has 0 radical (unpaired) electrons. The molecule has 100 valence electrons. The Bertz CT molecular complexity index is 567. The number of nitrogens with one attached hydrogen (secondary N) is 2. The van der Waals surface area contributed by atoms with E-state index in [0.717, 1.165) is 0 Å². The summed E-state index contributed by atoms with van der Waals surface area (Å²) in [6, 6.07) is 0. The van der Waals surface area contributed by atoms with E-state index >= 15 is 0 Å². The molecule has 0 bridgehead atoms. The molecule has 2 heterocycles. The van der Waals surface area contributed by atoms with Crippen LogP contribution in [-0.4, -0.2) is 54.8 Å². The van der Waals surface area contributed by atoms with E-state index in [1.807, 2.05) is 0 Å². The number of hydrogen-bond acceptors (Lipinski definition) is 7. The van der Waals surface area contributed by atoms with Crippen molar-refractivity contribution >= 4 is 0 Å². The Morgan fingerprint density at radius 1 is 1.11 bits per heavy atom. The maximum Gasteiger partial charge on any atom is 0.335 e. The van der Waals surface area contributed by atoms with Crippen LogP contribution in [0.2, 0.25) is 0 Å². The zero-order chi connectivity index (χ0) is 13.4. The second kappa shape index (κ2) is 4.49. The van der Waals surface area contributed by atoms with Crippen LogP contribution < -0.4 is 17.1 Å². The van der Waals surface area contributed by atoms with Crippen LogP contribution in [-0.2, 0) is 4.74 Å². The maximum absolute atomic E-state index is 11.4. The van der Waals surface area contributed by atoms with E-state index in [9.17, 15) is 24.6 Å². The number of rotatable bonds is 2. The first-order valence-electron chi connectivity index (χ1n) is 5.03. The van der Waals surface area contributed by atoms with Gasteiger partial charge in [-0.25, -0.2) is 19.0 Å². The number of nitrogens with zero attached hydrogens (tertiary/aromatic N) is 1. The molecular formula is C8H11N3O7. The fourth-order valence-electron chi connectivity index (χ4n) is 1.76. The zero-order valence-electron chi connectivity index (χ0n) is 8.94. The van der Waals surface area contributed by atoms with Gasteiger partial charge in [0, 0.05) is 0 Å². The molecule has 4 atom stereocenters. The van der Waals surface area contributed by atoms with Crippen LogP contribution in [0, 0.1) is 0 Å². The largest absolute Gasteiger partial charge is 0.394 e. The van der Waals surface area contributed by atoms with E-state index in [-0.39, 0.29) is 0 Å². The zero-order valence-corrected chi connectivity index (χ0v) is 8.94. The summed E-state index contributed by atoms with van der Waals surface area (Å²) in [4.78, 5) is 37.3. The van der Waals surface area contributed by atoms with Crippen molar-refractivity contribution in [1.82, 2.24) is 14.5 Å². The monoisotopic (exact) mass is 261 g/mol. The van der Waals surface area contributed by atoms with Gasteiger partial charge in [-0.15, -0.1) is 0 Å². The summed E-state index contributed by atoms with van der Waals surface area (Å²) in [5.41, 5.74) is -3.16. The van der Waals surface area contributed by atoms with Crippen LogP contribution >= 0.6 is 0 Å². The molecule has 18 heavy (non-hydrogen) atoms. The van der Waals surface area contributed by atoms with Crippen molar-refractivity contribution in [2.24, 2.45) is 0 Å². The third-order valence-corrected chi connectivity index (χ3v) is 2.65. The molecule has 1 fully saturated rings. The predicted molar refractivity (Wildman–Crippen MR) is 55.0 cm³/mol. The van der Waals surface area contributed by atoms with Crippen molar-refractivity contribution in [1.29, 1.82) is 0 Å². The molecule has 0 amide bonds. The standard InChI is InChI=1S/C8H11N3O7/c12-1-2-3(13)4(14)5(18-2)11-7(16)9-6(15)10-8(11)17/h2-5,12-14H,1H2,(H2,9,10,15,16,17)/t2-,3-,4-,5+/m0/s1. The lowest BCUT2D eigenvalue weighted by atomic mass is 10.1. The molecule has 0 aliphatic carbocycles. The van der Waals surface area contributed by atoms with Crippen molar-refractivity contribution in [2.45, 2.75) is 24.5 Å². The summed E-state index contributed by atoms with van der Waals surface area (Å²) in [5, 5.41) is 28.0. The fourth-order valence-corrected chi connectivity index (χ4v) is 1.76. The minimum atomic E-state index is -1.58. The van der Waals surface area contributed by atoms with Gasteiger partial charge >= 0.3 is 17.1 Å². The molecule has 1 aliphatic heterocycles. The fraction of sp³-hybridized carbons (Fsp3) is 0.625. The number of aromatic amines is 2. The summed E-state index contributed by atoms with van der Waals surface area (Å²) in [6.07, 6.45) is -5.63. The highest BCUT2D eigenvalue weighted by atomic mass is 16.6. The molecule has 1 aromatic rings. The van der Waals surface area contributed by atoms with Crippen LogP contribution in [0.3, 0.4) is 0 Å². The molecule has 0 saturated carbocycles. The van der Waals surface area contributed by atoms with Gasteiger partial charge in [0.05, 0.1) is 6.61 Å². The van der Waals surface area contributed by atoms with Gasteiger partial charge in [0.25, 0.3) is 0 Å². The summed E-state index contributed by atoms with van der Waals surface area (Å²) >= 11 is 0. The van der Waals surface area contributed by atoms with Gasteiger partial charge in [0.15, 0.2) is 6.23 Å². The topological polar surface area (TPSA) is 158 Å². The Morgan fingerprint density at radius 2 is 1.67 bits per heavy atom. The molecule has 0 spiro atoms. The highest BCUT2D eigenvalue weighted by Crippen LogP contribution is 2.26. The van der Waals surface area contributed by atoms with Gasteiger partial charge < -0.3 is 20.1 Å². The number of aliphatic hydroxyl groups excluding tert-OH is 3. The first kappa shape index (κ1) is 12.7. The second-order valence-corrected chi connectivity index (χ2v) is 3.79. The predicted octanol–water partition coefficient (Wildman–Crippen LogP) is -4.16. The van der Waals surface area contributed by atoms with Gasteiger partial charge in [-0.3, -0.25) is 9.97 Å². The smallest absolute Gasteiger partial charge is 0.335 e. The molecule has 1 saturated heterocycles. The van der Waals surface area contributed by atoms with E-state index < -0.39 is 48.2 Å². The number of aliphatic hydroxyl groups is 3. The van der Waals surface area contributed by atoms with E-state index in [0.29, 0.717) is 4.57 Å². The van der Waals surface area contributed by atoms with Crippen molar-refractivity contribution < 1.29 is 20.1 Å². The Morgan fingerprint density at radius 3 is 2.11 bits per heavy atom. The SMILES string of the molecule is O=c1[nH]c(=O)n([C@@H]2O[C@@H](CO)[C@H](O)[C@@H]2O)c(=O)[nH]1. The number of hydrogen-bond donors (Lipinski definition) is 5. The third-order valence-electron chi connectivity index (χ3n) is 2.65. The maximum atomic E-state index is 11.4. The minimum absolute atomic E-state index is 0.422.